The van der Waals surface area contributed by atoms with Gasteiger partial charge >= 0.3 is 0 Å². The van der Waals surface area contributed by atoms with Crippen LogP contribution in [0.1, 0.15) is 12.1 Å². The molecule has 0 amide bonds. The summed E-state index contributed by atoms with van der Waals surface area (Å²) in [4.78, 5) is 3.79. The fourth-order valence-electron chi connectivity index (χ4n) is 1.13. The van der Waals surface area contributed by atoms with E-state index >= 15 is 0 Å². The van der Waals surface area contributed by atoms with Crippen molar-refractivity contribution in [1.29, 1.82) is 0 Å². The Labute approximate surface area is 74.0 Å². The molecule has 65 valence electrons. The lowest BCUT2D eigenvalue weighted by Crippen LogP contribution is -1.89. The fourth-order valence-corrected chi connectivity index (χ4v) is 1.13. The van der Waals surface area contributed by atoms with Crippen LogP contribution in [0.3, 0.4) is 0 Å². The average molecular weight is 178 g/mol. The Kier molecular flexibility index (Phi) is 1.93. The van der Waals surface area contributed by atoms with E-state index in [0.29, 0.717) is 5.52 Å². The van der Waals surface area contributed by atoms with E-state index < -0.39 is 6.43 Å². The molecule has 0 saturated heterocycles. The first-order chi connectivity index (χ1) is 6.27. The molecule has 1 aromatic heterocycles. The standard InChI is InChI=1S/C10H6F2N/c11-10(12)9-6-5-7-3-1-2-4-8(7)13-9/h1-4,6,10H. The van der Waals surface area contributed by atoms with Gasteiger partial charge in [0.1, 0.15) is 5.69 Å². The number of benzene rings is 1. The van der Waals surface area contributed by atoms with E-state index in [4.69, 9.17) is 0 Å². The Bertz CT molecular complexity index is 426. The maximum Gasteiger partial charge on any atom is 0.280 e. The first-order valence-corrected chi connectivity index (χ1v) is 3.83. The van der Waals surface area contributed by atoms with Crippen LogP contribution >= 0.6 is 0 Å². The lowest BCUT2D eigenvalue weighted by Gasteiger charge is -1.99. The molecule has 1 radical (unpaired) electrons. The lowest BCUT2D eigenvalue weighted by atomic mass is 10.2. The molecule has 0 atom stereocenters. The average Bonchev–Trinajstić information content (AvgIpc) is 2.17. The summed E-state index contributed by atoms with van der Waals surface area (Å²) < 4.78 is 24.4. The number of aromatic nitrogens is 1. The number of alkyl halides is 2. The topological polar surface area (TPSA) is 12.9 Å². The van der Waals surface area contributed by atoms with Gasteiger partial charge in [0.15, 0.2) is 0 Å². The van der Waals surface area contributed by atoms with Gasteiger partial charge in [-0.25, -0.2) is 13.8 Å². The minimum Gasteiger partial charge on any atom is -0.247 e. The third-order valence-electron chi connectivity index (χ3n) is 1.75. The predicted octanol–water partition coefficient (Wildman–Crippen LogP) is 2.97. The smallest absolute Gasteiger partial charge is 0.247 e. The quantitative estimate of drug-likeness (QED) is 0.654. The van der Waals surface area contributed by atoms with Crippen molar-refractivity contribution in [1.82, 2.24) is 4.98 Å². The van der Waals surface area contributed by atoms with Gasteiger partial charge in [-0.15, -0.1) is 0 Å². The molecule has 0 spiro atoms. The van der Waals surface area contributed by atoms with Gasteiger partial charge in [0.2, 0.25) is 0 Å². The molecular formula is C10H6F2N. The van der Waals surface area contributed by atoms with Crippen LogP contribution in [0.4, 0.5) is 8.78 Å². The van der Waals surface area contributed by atoms with Crippen molar-refractivity contribution in [3.63, 3.8) is 0 Å². The van der Waals surface area contributed by atoms with Crippen molar-refractivity contribution in [3.05, 3.63) is 42.1 Å². The molecule has 1 nitrogen and oxygen atoms in total. The number of fused-ring (bicyclic) bond motifs is 1. The Morgan fingerprint density at radius 2 is 2.00 bits per heavy atom. The zero-order chi connectivity index (χ0) is 9.26. The van der Waals surface area contributed by atoms with Crippen molar-refractivity contribution in [2.75, 3.05) is 0 Å². The summed E-state index contributed by atoms with van der Waals surface area (Å²) in [5, 5.41) is 0.756. The van der Waals surface area contributed by atoms with Gasteiger partial charge in [-0.3, -0.25) is 0 Å². The second-order valence-corrected chi connectivity index (χ2v) is 2.64. The van der Waals surface area contributed by atoms with Crippen LogP contribution in [0.25, 0.3) is 10.9 Å². The monoisotopic (exact) mass is 178 g/mol. The molecule has 0 bridgehead atoms. The van der Waals surface area contributed by atoms with Gasteiger partial charge in [-0.05, 0) is 18.2 Å². The Balaban J connectivity index is 2.62. The van der Waals surface area contributed by atoms with E-state index in [1.165, 1.54) is 6.07 Å². The molecule has 0 aliphatic rings. The molecule has 0 unspecified atom stereocenters. The maximum atomic E-state index is 12.2. The maximum absolute atomic E-state index is 12.2. The van der Waals surface area contributed by atoms with E-state index in [1.54, 1.807) is 18.2 Å². The molecule has 2 rings (SSSR count). The van der Waals surface area contributed by atoms with E-state index in [0.717, 1.165) is 5.39 Å². The van der Waals surface area contributed by atoms with E-state index in [2.05, 4.69) is 11.1 Å². The number of halogens is 2. The van der Waals surface area contributed by atoms with Crippen molar-refractivity contribution in [2.45, 2.75) is 6.43 Å². The Morgan fingerprint density at radius 1 is 1.23 bits per heavy atom. The van der Waals surface area contributed by atoms with Gasteiger partial charge in [0.05, 0.1) is 5.52 Å². The highest BCUT2D eigenvalue weighted by molar-refractivity contribution is 5.77. The summed E-state index contributed by atoms with van der Waals surface area (Å²) in [5.41, 5.74) is 0.332. The number of hydrogen-bond donors (Lipinski definition) is 0. The number of nitrogens with zero attached hydrogens (tertiary/aromatic N) is 1. The van der Waals surface area contributed by atoms with Gasteiger partial charge in [-0.1, -0.05) is 18.2 Å². The Morgan fingerprint density at radius 3 is 2.77 bits per heavy atom. The molecule has 1 aromatic carbocycles. The number of para-hydroxylation sites is 1. The third kappa shape index (κ3) is 1.49. The van der Waals surface area contributed by atoms with Crippen LogP contribution in [-0.4, -0.2) is 4.98 Å². The lowest BCUT2D eigenvalue weighted by molar-refractivity contribution is 0.146. The summed E-state index contributed by atoms with van der Waals surface area (Å²) in [6, 6.07) is 11.1. The first-order valence-electron chi connectivity index (χ1n) is 3.83. The van der Waals surface area contributed by atoms with Crippen molar-refractivity contribution in [3.8, 4) is 0 Å². The fraction of sp³-hybridized carbons (Fsp3) is 0.100. The van der Waals surface area contributed by atoms with E-state index in [9.17, 15) is 8.78 Å². The van der Waals surface area contributed by atoms with Gasteiger partial charge in [0.25, 0.3) is 6.43 Å². The molecule has 0 aliphatic carbocycles. The minimum absolute atomic E-state index is 0.223. The molecule has 2 aromatic rings. The molecule has 1 heterocycles. The normalized spacial score (nSPS) is 11.0. The van der Waals surface area contributed by atoms with Crippen LogP contribution in [0.15, 0.2) is 30.3 Å². The number of hydrogen-bond acceptors (Lipinski definition) is 1. The second kappa shape index (κ2) is 3.09. The van der Waals surface area contributed by atoms with Gasteiger partial charge < -0.3 is 0 Å². The predicted molar refractivity (Wildman–Crippen MR) is 45.5 cm³/mol. The summed E-state index contributed by atoms with van der Waals surface area (Å²) in [6.45, 7) is 0. The molecule has 0 aliphatic heterocycles. The Hall–Kier alpha value is -1.51. The van der Waals surface area contributed by atoms with Crippen molar-refractivity contribution in [2.24, 2.45) is 0 Å². The van der Waals surface area contributed by atoms with Crippen LogP contribution in [0, 0.1) is 6.07 Å². The zero-order valence-corrected chi connectivity index (χ0v) is 6.67. The van der Waals surface area contributed by atoms with Crippen LogP contribution in [0.5, 0.6) is 0 Å². The molecular weight excluding hydrogens is 172 g/mol. The molecule has 13 heavy (non-hydrogen) atoms. The molecule has 0 fully saturated rings. The summed E-state index contributed by atoms with van der Waals surface area (Å²) in [6.07, 6.45) is -2.53. The van der Waals surface area contributed by atoms with Gasteiger partial charge in [-0.2, -0.15) is 0 Å². The minimum atomic E-state index is -2.53. The second-order valence-electron chi connectivity index (χ2n) is 2.64. The van der Waals surface area contributed by atoms with Crippen molar-refractivity contribution < 1.29 is 8.78 Å². The zero-order valence-electron chi connectivity index (χ0n) is 6.67. The van der Waals surface area contributed by atoms with Crippen LogP contribution < -0.4 is 0 Å². The highest BCUT2D eigenvalue weighted by atomic mass is 19.3. The van der Waals surface area contributed by atoms with E-state index in [1.807, 2.05) is 6.07 Å². The molecule has 3 heteroatoms. The first kappa shape index (κ1) is 8.10. The van der Waals surface area contributed by atoms with Crippen LogP contribution in [-0.2, 0) is 0 Å². The number of rotatable bonds is 1. The summed E-state index contributed by atoms with van der Waals surface area (Å²) >= 11 is 0. The molecule has 0 saturated carbocycles. The molecule has 0 N–H and O–H groups in total. The summed E-state index contributed by atoms with van der Waals surface area (Å²) in [7, 11) is 0. The number of pyridine rings is 1. The van der Waals surface area contributed by atoms with Crippen LogP contribution in [0.2, 0.25) is 0 Å². The summed E-state index contributed by atoms with van der Waals surface area (Å²) in [5.74, 6) is 0. The van der Waals surface area contributed by atoms with E-state index in [-0.39, 0.29) is 5.69 Å². The highest BCUT2D eigenvalue weighted by Crippen LogP contribution is 2.19. The SMILES string of the molecule is FC(F)c1c[c]c2ccccc2n1. The largest absolute Gasteiger partial charge is 0.280 e. The highest BCUT2D eigenvalue weighted by Gasteiger charge is 2.08. The third-order valence-corrected chi connectivity index (χ3v) is 1.75. The van der Waals surface area contributed by atoms with Crippen molar-refractivity contribution >= 4 is 10.9 Å². The van der Waals surface area contributed by atoms with Gasteiger partial charge in [0, 0.05) is 5.39 Å².